The molecule has 20 heteroatoms. The number of halogens is 2. The molecule has 0 radical (unpaired) electrons. The standard InChI is InChI=1S/C15H16FN7OS.C13H13FN6O2S/c1-8-11(22-4-2-3-5-22)15(25-21-8)19-14(24)10-12(17)20-23-7-9(16)6-18-13(10)23;1-6-8(5-22-2)13(23-19-6)17-12(21)9-10(15)18-20-4-7(14)3-16-11(9)20/h6-7H,2-5H2,1H3,(H2,17,20)(H,19,24);3-4H,5H2,1-2H3,(H2,15,18)(H,17,21). The lowest BCUT2D eigenvalue weighted by Gasteiger charge is -2.18. The van der Waals surface area contributed by atoms with Gasteiger partial charge < -0.3 is 31.7 Å². The first-order valence-electron chi connectivity index (χ1n) is 14.4. The number of aryl methyl sites for hydroxylation is 2. The van der Waals surface area contributed by atoms with Crippen molar-refractivity contribution >= 4 is 73.5 Å². The van der Waals surface area contributed by atoms with Crippen LogP contribution < -0.4 is 27.0 Å². The minimum Gasteiger partial charge on any atom is -0.381 e. The number of nitrogens with two attached hydrogens (primary N) is 2. The molecule has 6 N–H and O–H groups in total. The molecule has 2 amide bonds. The highest BCUT2D eigenvalue weighted by atomic mass is 32.1. The number of nitrogens with zero attached hydrogens (tertiary/aromatic N) is 9. The van der Waals surface area contributed by atoms with E-state index in [9.17, 15) is 18.4 Å². The molecule has 0 atom stereocenters. The second-order valence-electron chi connectivity index (χ2n) is 10.7. The predicted molar refractivity (Wildman–Crippen MR) is 176 cm³/mol. The smallest absolute Gasteiger partial charge is 0.264 e. The van der Waals surface area contributed by atoms with Crippen molar-refractivity contribution in [3.63, 3.8) is 0 Å². The van der Waals surface area contributed by atoms with Crippen LogP contribution >= 0.6 is 23.1 Å². The third-order valence-corrected chi connectivity index (χ3v) is 9.11. The second-order valence-corrected chi connectivity index (χ2v) is 12.2. The van der Waals surface area contributed by atoms with Crippen LogP contribution in [0.3, 0.4) is 0 Å². The fourth-order valence-electron chi connectivity index (χ4n) is 5.19. The topological polar surface area (TPSA) is 209 Å². The van der Waals surface area contributed by atoms with Gasteiger partial charge in [0.25, 0.3) is 11.8 Å². The average Bonchev–Trinajstić information content (AvgIpc) is 3.86. The van der Waals surface area contributed by atoms with Crippen LogP contribution in [0.1, 0.15) is 50.5 Å². The Balaban J connectivity index is 0.000000168. The summed E-state index contributed by atoms with van der Waals surface area (Å²) in [6, 6.07) is 0. The fourth-order valence-corrected chi connectivity index (χ4v) is 6.80. The highest BCUT2D eigenvalue weighted by Gasteiger charge is 2.26. The van der Waals surface area contributed by atoms with E-state index in [-0.39, 0.29) is 34.1 Å². The number of amides is 2. The zero-order valence-electron chi connectivity index (χ0n) is 25.8. The molecular formula is C28H29F2N13O3S2. The zero-order chi connectivity index (χ0) is 34.1. The van der Waals surface area contributed by atoms with Gasteiger partial charge in [-0.2, -0.15) is 8.75 Å². The van der Waals surface area contributed by atoms with Crippen molar-refractivity contribution in [2.75, 3.05) is 47.2 Å². The normalized spacial score (nSPS) is 12.8. The van der Waals surface area contributed by atoms with Gasteiger partial charge in [-0.25, -0.2) is 27.8 Å². The van der Waals surface area contributed by atoms with Crippen LogP contribution in [0.2, 0.25) is 0 Å². The van der Waals surface area contributed by atoms with Crippen molar-refractivity contribution in [1.29, 1.82) is 0 Å². The molecule has 0 bridgehead atoms. The summed E-state index contributed by atoms with van der Waals surface area (Å²) in [6.07, 6.45) is 6.50. The van der Waals surface area contributed by atoms with E-state index in [0.29, 0.717) is 16.6 Å². The number of nitrogen functional groups attached to an aromatic ring is 2. The minimum absolute atomic E-state index is 0.000408. The molecule has 1 aliphatic rings. The number of carbonyl (C=O) groups excluding carboxylic acids is 2. The van der Waals surface area contributed by atoms with Crippen molar-refractivity contribution < 1.29 is 23.1 Å². The Labute approximate surface area is 279 Å². The van der Waals surface area contributed by atoms with E-state index in [4.69, 9.17) is 16.2 Å². The van der Waals surface area contributed by atoms with Gasteiger partial charge in [0.15, 0.2) is 34.6 Å². The summed E-state index contributed by atoms with van der Waals surface area (Å²) in [5, 5.41) is 14.7. The zero-order valence-corrected chi connectivity index (χ0v) is 27.5. The summed E-state index contributed by atoms with van der Waals surface area (Å²) in [5.41, 5.74) is 15.6. The van der Waals surface area contributed by atoms with Crippen molar-refractivity contribution in [3.8, 4) is 0 Å². The van der Waals surface area contributed by atoms with Gasteiger partial charge in [-0.3, -0.25) is 9.59 Å². The summed E-state index contributed by atoms with van der Waals surface area (Å²) in [6.45, 7) is 5.97. The lowest BCUT2D eigenvalue weighted by atomic mass is 10.2. The predicted octanol–water partition coefficient (Wildman–Crippen LogP) is 3.68. The third-order valence-electron chi connectivity index (χ3n) is 7.37. The number of carbonyl (C=O) groups is 2. The number of anilines is 5. The monoisotopic (exact) mass is 697 g/mol. The van der Waals surface area contributed by atoms with Gasteiger partial charge in [0.05, 0.1) is 48.5 Å². The van der Waals surface area contributed by atoms with Gasteiger partial charge in [-0.05, 0) is 49.8 Å². The van der Waals surface area contributed by atoms with E-state index in [2.05, 4.69) is 44.4 Å². The van der Waals surface area contributed by atoms with Gasteiger partial charge in [-0.15, -0.1) is 10.2 Å². The SMILES string of the molecule is COCc1c(C)nsc1NC(=O)c1c(N)nn2cc(F)cnc12.Cc1nsc(NC(=O)c2c(N)nn3cc(F)cnc23)c1N1CCCC1. The van der Waals surface area contributed by atoms with Crippen molar-refractivity contribution in [1.82, 2.24) is 37.9 Å². The summed E-state index contributed by atoms with van der Waals surface area (Å²) < 4.78 is 42.4. The van der Waals surface area contributed by atoms with Crippen LogP contribution in [0.5, 0.6) is 0 Å². The molecule has 16 nitrogen and oxygen atoms in total. The summed E-state index contributed by atoms with van der Waals surface area (Å²) >= 11 is 2.38. The van der Waals surface area contributed by atoms with Crippen molar-refractivity contribution in [2.24, 2.45) is 0 Å². The Morgan fingerprint density at radius 1 is 0.854 bits per heavy atom. The van der Waals surface area contributed by atoms with Crippen LogP contribution in [-0.4, -0.2) is 70.0 Å². The molecule has 7 rings (SSSR count). The largest absolute Gasteiger partial charge is 0.381 e. The van der Waals surface area contributed by atoms with E-state index < -0.39 is 23.4 Å². The van der Waals surface area contributed by atoms with E-state index in [1.807, 2.05) is 13.8 Å². The molecule has 6 aromatic rings. The molecule has 0 aliphatic carbocycles. The number of hydrogen-bond donors (Lipinski definition) is 4. The first-order valence-corrected chi connectivity index (χ1v) is 16.0. The highest BCUT2D eigenvalue weighted by Crippen LogP contribution is 2.36. The maximum absolute atomic E-state index is 13.3. The number of hydrogen-bond acceptors (Lipinski definition) is 14. The van der Waals surface area contributed by atoms with Crippen LogP contribution in [0.15, 0.2) is 24.8 Å². The maximum Gasteiger partial charge on any atom is 0.264 e. The van der Waals surface area contributed by atoms with Crippen molar-refractivity contribution in [2.45, 2.75) is 33.3 Å². The summed E-state index contributed by atoms with van der Waals surface area (Å²) in [4.78, 5) is 35.3. The molecular weight excluding hydrogens is 669 g/mol. The van der Waals surface area contributed by atoms with Crippen molar-refractivity contribution in [3.05, 3.63) is 64.5 Å². The first-order chi connectivity index (χ1) is 23.0. The van der Waals surface area contributed by atoms with Gasteiger partial charge in [0, 0.05) is 25.8 Å². The molecule has 0 aromatic carbocycles. The Bertz CT molecular complexity index is 2150. The number of aromatic nitrogens is 8. The molecule has 1 fully saturated rings. The number of rotatable bonds is 7. The van der Waals surface area contributed by atoms with Gasteiger partial charge in [0.1, 0.15) is 21.1 Å². The van der Waals surface area contributed by atoms with Gasteiger partial charge >= 0.3 is 0 Å². The maximum atomic E-state index is 13.3. The second kappa shape index (κ2) is 13.4. The average molecular weight is 698 g/mol. The molecule has 7 heterocycles. The van der Waals surface area contributed by atoms with E-state index in [1.54, 1.807) is 7.11 Å². The lowest BCUT2D eigenvalue weighted by molar-refractivity contribution is 0.102. The number of methoxy groups -OCH3 is 1. The Morgan fingerprint density at radius 3 is 1.90 bits per heavy atom. The molecule has 250 valence electrons. The van der Waals surface area contributed by atoms with Crippen LogP contribution in [-0.2, 0) is 11.3 Å². The fraction of sp³-hybridized carbons (Fsp3) is 0.286. The summed E-state index contributed by atoms with van der Waals surface area (Å²) in [7, 11) is 1.56. The quantitative estimate of drug-likeness (QED) is 0.188. The summed E-state index contributed by atoms with van der Waals surface area (Å²) in [5.74, 6) is -2.09. The lowest BCUT2D eigenvalue weighted by Crippen LogP contribution is -2.21. The number of ether oxygens (including phenoxy) is 1. The van der Waals surface area contributed by atoms with Gasteiger partial charge in [0.2, 0.25) is 0 Å². The molecule has 48 heavy (non-hydrogen) atoms. The number of fused-ring (bicyclic) bond motifs is 2. The molecule has 6 aromatic heterocycles. The molecule has 0 saturated carbocycles. The minimum atomic E-state index is -0.576. The number of nitrogens with one attached hydrogen (secondary N) is 2. The van der Waals surface area contributed by atoms with Crippen LogP contribution in [0.25, 0.3) is 11.3 Å². The Hall–Kier alpha value is -5.34. The van der Waals surface area contributed by atoms with E-state index >= 15 is 0 Å². The molecule has 0 spiro atoms. The Morgan fingerprint density at radius 2 is 1.35 bits per heavy atom. The van der Waals surface area contributed by atoms with Crippen LogP contribution in [0, 0.1) is 25.5 Å². The molecule has 1 aliphatic heterocycles. The van der Waals surface area contributed by atoms with Gasteiger partial charge in [-0.1, -0.05) is 0 Å². The molecule has 0 unspecified atom stereocenters. The Kier molecular flexibility index (Phi) is 9.11. The first kappa shape index (κ1) is 32.6. The van der Waals surface area contributed by atoms with E-state index in [1.165, 1.54) is 16.0 Å². The molecule has 1 saturated heterocycles. The highest BCUT2D eigenvalue weighted by molar-refractivity contribution is 7.11. The third kappa shape index (κ3) is 6.31. The van der Waals surface area contributed by atoms with Crippen LogP contribution in [0.4, 0.5) is 36.1 Å². The van der Waals surface area contributed by atoms with E-state index in [0.717, 1.165) is 89.4 Å².